The smallest absolute Gasteiger partial charge is 0.303 e. The van der Waals surface area contributed by atoms with Crippen LogP contribution in [0.2, 0.25) is 0 Å². The number of carbonyl (C=O) groups excluding carboxylic acids is 1. The third-order valence-corrected chi connectivity index (χ3v) is 4.19. The van der Waals surface area contributed by atoms with Crippen molar-refractivity contribution < 1.29 is 14.7 Å². The second-order valence-corrected chi connectivity index (χ2v) is 6.11. The van der Waals surface area contributed by atoms with Crippen molar-refractivity contribution in [1.82, 2.24) is 4.90 Å². The Morgan fingerprint density at radius 3 is 2.65 bits per heavy atom. The van der Waals surface area contributed by atoms with Crippen LogP contribution in [0.5, 0.6) is 0 Å². The number of carboxylic acid groups (broad SMARTS) is 1. The highest BCUT2D eigenvalue weighted by Crippen LogP contribution is 2.23. The zero-order valence-corrected chi connectivity index (χ0v) is 12.8. The second-order valence-electron chi connectivity index (χ2n) is 5.20. The minimum atomic E-state index is -0.763. The molecule has 1 unspecified atom stereocenters. The summed E-state index contributed by atoms with van der Waals surface area (Å²) in [5.41, 5.74) is 0.687. The van der Waals surface area contributed by atoms with Gasteiger partial charge < -0.3 is 10.0 Å². The highest BCUT2D eigenvalue weighted by atomic mass is 79.9. The number of likely N-dealkylation sites (tertiary alicyclic amines) is 1. The van der Waals surface area contributed by atoms with Crippen LogP contribution in [0.25, 0.3) is 0 Å². The number of aliphatic carboxylic acids is 1. The van der Waals surface area contributed by atoms with Gasteiger partial charge in [-0.2, -0.15) is 0 Å². The van der Waals surface area contributed by atoms with Gasteiger partial charge in [0.2, 0.25) is 0 Å². The minimum Gasteiger partial charge on any atom is -0.481 e. The van der Waals surface area contributed by atoms with Gasteiger partial charge in [0.15, 0.2) is 0 Å². The number of carbonyl (C=O) groups is 2. The van der Waals surface area contributed by atoms with Crippen LogP contribution < -0.4 is 0 Å². The van der Waals surface area contributed by atoms with Gasteiger partial charge in [-0.3, -0.25) is 9.59 Å². The monoisotopic (exact) mass is 339 g/mol. The number of nitrogens with zero attached hydrogens (tertiary/aromatic N) is 1. The van der Waals surface area contributed by atoms with Crippen molar-refractivity contribution in [3.05, 3.63) is 34.3 Å². The molecule has 1 aromatic carbocycles. The SMILES string of the molecule is O=C(O)CCC1CCCN(C(=O)c2ccc(Br)cc2)C1. The van der Waals surface area contributed by atoms with E-state index in [2.05, 4.69) is 15.9 Å². The summed E-state index contributed by atoms with van der Waals surface area (Å²) in [5.74, 6) is -0.418. The van der Waals surface area contributed by atoms with Gasteiger partial charge >= 0.3 is 5.97 Å². The van der Waals surface area contributed by atoms with E-state index in [1.165, 1.54) is 0 Å². The Labute approximate surface area is 126 Å². The molecule has 108 valence electrons. The molecule has 20 heavy (non-hydrogen) atoms. The van der Waals surface area contributed by atoms with Gasteiger partial charge in [0, 0.05) is 29.5 Å². The first kappa shape index (κ1) is 15.0. The van der Waals surface area contributed by atoms with E-state index in [4.69, 9.17) is 5.11 Å². The summed E-state index contributed by atoms with van der Waals surface area (Å²) in [4.78, 5) is 24.9. The van der Waals surface area contributed by atoms with Gasteiger partial charge in [0.05, 0.1) is 0 Å². The lowest BCUT2D eigenvalue weighted by Gasteiger charge is -2.32. The molecule has 1 N–H and O–H groups in total. The van der Waals surface area contributed by atoms with Crippen molar-refractivity contribution in [2.75, 3.05) is 13.1 Å². The molecule has 0 radical (unpaired) electrons. The molecule has 0 saturated carbocycles. The van der Waals surface area contributed by atoms with E-state index in [1.54, 1.807) is 0 Å². The fourth-order valence-corrected chi connectivity index (χ4v) is 2.85. The number of hydrogen-bond acceptors (Lipinski definition) is 2. The third-order valence-electron chi connectivity index (χ3n) is 3.66. The maximum Gasteiger partial charge on any atom is 0.303 e. The molecule has 5 heteroatoms. The zero-order valence-electron chi connectivity index (χ0n) is 11.2. The van der Waals surface area contributed by atoms with Crippen LogP contribution in [0.4, 0.5) is 0 Å². The molecule has 1 fully saturated rings. The number of rotatable bonds is 4. The quantitative estimate of drug-likeness (QED) is 0.916. The minimum absolute atomic E-state index is 0.0394. The van der Waals surface area contributed by atoms with E-state index in [0.717, 1.165) is 23.9 Å². The molecule has 2 rings (SSSR count). The first-order valence-corrected chi connectivity index (χ1v) is 7.62. The molecular weight excluding hydrogens is 322 g/mol. The molecule has 1 heterocycles. The molecule has 0 bridgehead atoms. The molecule has 1 aliphatic heterocycles. The molecule has 1 saturated heterocycles. The number of piperidine rings is 1. The van der Waals surface area contributed by atoms with E-state index in [1.807, 2.05) is 29.2 Å². The molecule has 0 aromatic heterocycles. The van der Waals surface area contributed by atoms with Gasteiger partial charge in [-0.1, -0.05) is 15.9 Å². The normalized spacial score (nSPS) is 18.9. The average Bonchev–Trinajstić information content (AvgIpc) is 2.45. The Morgan fingerprint density at radius 2 is 2.00 bits per heavy atom. The van der Waals surface area contributed by atoms with E-state index in [-0.39, 0.29) is 12.3 Å². The number of carboxylic acids is 1. The van der Waals surface area contributed by atoms with Crippen molar-refractivity contribution in [2.45, 2.75) is 25.7 Å². The van der Waals surface area contributed by atoms with E-state index in [9.17, 15) is 9.59 Å². The lowest BCUT2D eigenvalue weighted by Crippen LogP contribution is -2.40. The van der Waals surface area contributed by atoms with Gasteiger partial charge in [0.1, 0.15) is 0 Å². The highest BCUT2D eigenvalue weighted by Gasteiger charge is 2.24. The zero-order chi connectivity index (χ0) is 14.5. The molecule has 1 atom stereocenters. The van der Waals surface area contributed by atoms with Crippen LogP contribution in [0, 0.1) is 5.92 Å². The maximum absolute atomic E-state index is 12.4. The number of halogens is 1. The summed E-state index contributed by atoms with van der Waals surface area (Å²) in [5, 5.41) is 8.74. The van der Waals surface area contributed by atoms with Crippen LogP contribution >= 0.6 is 15.9 Å². The lowest BCUT2D eigenvalue weighted by molar-refractivity contribution is -0.137. The topological polar surface area (TPSA) is 57.6 Å². The summed E-state index contributed by atoms with van der Waals surface area (Å²) in [6.07, 6.45) is 2.80. The van der Waals surface area contributed by atoms with Gasteiger partial charge in [-0.15, -0.1) is 0 Å². The Kier molecular flexibility index (Phi) is 5.17. The van der Waals surface area contributed by atoms with Gasteiger partial charge in [0.25, 0.3) is 5.91 Å². The van der Waals surface area contributed by atoms with Crippen molar-refractivity contribution in [2.24, 2.45) is 5.92 Å². The largest absolute Gasteiger partial charge is 0.481 e. The molecular formula is C15H18BrNO3. The fourth-order valence-electron chi connectivity index (χ4n) is 2.59. The summed E-state index contributed by atoms with van der Waals surface area (Å²) in [6.45, 7) is 1.43. The standard InChI is InChI=1S/C15H18BrNO3/c16-13-6-4-12(5-7-13)15(20)17-9-1-2-11(10-17)3-8-14(18)19/h4-7,11H,1-3,8-10H2,(H,18,19). The Hall–Kier alpha value is -1.36. The summed E-state index contributed by atoms with van der Waals surface area (Å²) < 4.78 is 0.951. The molecule has 0 spiro atoms. The predicted molar refractivity (Wildman–Crippen MR) is 79.6 cm³/mol. The number of amides is 1. The van der Waals surface area contributed by atoms with Crippen molar-refractivity contribution in [3.63, 3.8) is 0 Å². The molecule has 1 amide bonds. The first-order valence-electron chi connectivity index (χ1n) is 6.83. The van der Waals surface area contributed by atoms with Crippen LogP contribution in [0.1, 0.15) is 36.0 Å². The number of benzene rings is 1. The Morgan fingerprint density at radius 1 is 1.30 bits per heavy atom. The summed E-state index contributed by atoms with van der Waals surface area (Å²) in [6, 6.07) is 7.35. The first-order chi connectivity index (χ1) is 9.56. The Balaban J connectivity index is 1.96. The lowest BCUT2D eigenvalue weighted by atomic mass is 9.93. The van der Waals surface area contributed by atoms with E-state index in [0.29, 0.717) is 24.4 Å². The maximum atomic E-state index is 12.4. The average molecular weight is 340 g/mol. The van der Waals surface area contributed by atoms with Crippen LogP contribution in [0.3, 0.4) is 0 Å². The Bertz CT molecular complexity index is 486. The van der Waals surface area contributed by atoms with E-state index < -0.39 is 5.97 Å². The van der Waals surface area contributed by atoms with Crippen molar-refractivity contribution in [1.29, 1.82) is 0 Å². The molecule has 4 nitrogen and oxygen atoms in total. The van der Waals surface area contributed by atoms with Crippen molar-refractivity contribution >= 4 is 27.8 Å². The predicted octanol–water partition coefficient (Wildman–Crippen LogP) is 3.17. The van der Waals surface area contributed by atoms with Crippen molar-refractivity contribution in [3.8, 4) is 0 Å². The number of hydrogen-bond donors (Lipinski definition) is 1. The molecule has 1 aliphatic rings. The van der Waals surface area contributed by atoms with Gasteiger partial charge in [-0.25, -0.2) is 0 Å². The summed E-state index contributed by atoms with van der Waals surface area (Å²) in [7, 11) is 0. The van der Waals surface area contributed by atoms with Crippen LogP contribution in [0.15, 0.2) is 28.7 Å². The second kappa shape index (κ2) is 6.88. The third kappa shape index (κ3) is 4.07. The fraction of sp³-hybridized carbons (Fsp3) is 0.467. The van der Waals surface area contributed by atoms with Gasteiger partial charge in [-0.05, 0) is 49.4 Å². The molecule has 1 aromatic rings. The molecule has 0 aliphatic carbocycles. The van der Waals surface area contributed by atoms with E-state index >= 15 is 0 Å². The van der Waals surface area contributed by atoms with Crippen LogP contribution in [-0.2, 0) is 4.79 Å². The highest BCUT2D eigenvalue weighted by molar-refractivity contribution is 9.10. The van der Waals surface area contributed by atoms with Crippen LogP contribution in [-0.4, -0.2) is 35.0 Å². The summed E-state index contributed by atoms with van der Waals surface area (Å²) >= 11 is 3.35.